The third-order valence-electron chi connectivity index (χ3n) is 4.29. The molecule has 1 aromatic carbocycles. The highest BCUT2D eigenvalue weighted by Crippen LogP contribution is 2.35. The normalized spacial score (nSPS) is 15.7. The first kappa shape index (κ1) is 21.8. The van der Waals surface area contributed by atoms with Crippen molar-refractivity contribution >= 4 is 34.9 Å². The first-order chi connectivity index (χ1) is 13.2. The van der Waals surface area contributed by atoms with Crippen LogP contribution in [0.5, 0.6) is 11.5 Å². The fourth-order valence-corrected chi connectivity index (χ4v) is 3.95. The molecular formula is C20H26N2O5S. The van der Waals surface area contributed by atoms with Gasteiger partial charge < -0.3 is 14.4 Å². The molecule has 7 nitrogen and oxygen atoms in total. The van der Waals surface area contributed by atoms with Crippen molar-refractivity contribution < 1.29 is 23.9 Å². The van der Waals surface area contributed by atoms with Gasteiger partial charge in [-0.1, -0.05) is 0 Å². The summed E-state index contributed by atoms with van der Waals surface area (Å²) < 4.78 is 10.5. The van der Waals surface area contributed by atoms with Gasteiger partial charge in [0.15, 0.2) is 0 Å². The van der Waals surface area contributed by atoms with Crippen molar-refractivity contribution in [1.82, 2.24) is 9.80 Å². The Morgan fingerprint density at radius 1 is 1.14 bits per heavy atom. The number of amides is 3. The molecule has 0 atom stereocenters. The molecule has 0 bridgehead atoms. The standard InChI is InChI=1S/C20H26N2O5S/c1-12(2)22(13(3)4)18(23)11-21-19(24)17(28-20(21)25)10-14-9-15(26-5)7-8-16(14)27-6/h7-10,12-13H,11H2,1-6H3/b17-10-. The Kier molecular flexibility index (Phi) is 7.12. The van der Waals surface area contributed by atoms with Crippen LogP contribution in [0.3, 0.4) is 0 Å². The van der Waals surface area contributed by atoms with E-state index in [1.54, 1.807) is 36.3 Å². The van der Waals surface area contributed by atoms with E-state index in [2.05, 4.69) is 0 Å². The van der Waals surface area contributed by atoms with Gasteiger partial charge in [0.1, 0.15) is 18.0 Å². The number of ether oxygens (including phenoxy) is 2. The van der Waals surface area contributed by atoms with Gasteiger partial charge in [0.2, 0.25) is 5.91 Å². The van der Waals surface area contributed by atoms with Crippen molar-refractivity contribution in [3.8, 4) is 11.5 Å². The Balaban J connectivity index is 2.26. The first-order valence-corrected chi connectivity index (χ1v) is 9.79. The lowest BCUT2D eigenvalue weighted by atomic mass is 10.1. The highest BCUT2D eigenvalue weighted by molar-refractivity contribution is 8.18. The van der Waals surface area contributed by atoms with Crippen molar-refractivity contribution in [3.63, 3.8) is 0 Å². The lowest BCUT2D eigenvalue weighted by Gasteiger charge is -2.31. The van der Waals surface area contributed by atoms with Gasteiger partial charge in [-0.3, -0.25) is 19.3 Å². The Bertz CT molecular complexity index is 796. The Morgan fingerprint density at radius 3 is 2.32 bits per heavy atom. The van der Waals surface area contributed by atoms with Crippen molar-refractivity contribution in [2.75, 3.05) is 20.8 Å². The maximum Gasteiger partial charge on any atom is 0.294 e. The number of imide groups is 1. The van der Waals surface area contributed by atoms with E-state index >= 15 is 0 Å². The number of carbonyl (C=O) groups is 3. The van der Waals surface area contributed by atoms with Gasteiger partial charge in [-0.05, 0) is 63.7 Å². The van der Waals surface area contributed by atoms with Gasteiger partial charge in [-0.25, -0.2) is 0 Å². The van der Waals surface area contributed by atoms with Crippen LogP contribution < -0.4 is 9.47 Å². The fourth-order valence-electron chi connectivity index (χ4n) is 3.12. The van der Waals surface area contributed by atoms with Crippen LogP contribution in [0, 0.1) is 0 Å². The molecule has 0 radical (unpaired) electrons. The summed E-state index contributed by atoms with van der Waals surface area (Å²) in [7, 11) is 3.07. The van der Waals surface area contributed by atoms with Gasteiger partial charge in [0, 0.05) is 17.6 Å². The van der Waals surface area contributed by atoms with Crippen LogP contribution in [0.25, 0.3) is 6.08 Å². The number of hydrogen-bond acceptors (Lipinski definition) is 6. The average Bonchev–Trinajstić information content (AvgIpc) is 2.88. The Labute approximate surface area is 169 Å². The van der Waals surface area contributed by atoms with E-state index in [1.165, 1.54) is 7.11 Å². The fraction of sp³-hybridized carbons (Fsp3) is 0.450. The molecule has 0 N–H and O–H groups in total. The second kappa shape index (κ2) is 9.14. The molecule has 2 rings (SSSR count). The molecular weight excluding hydrogens is 380 g/mol. The second-order valence-electron chi connectivity index (χ2n) is 6.86. The van der Waals surface area contributed by atoms with Crippen LogP contribution in [0.1, 0.15) is 33.3 Å². The molecule has 8 heteroatoms. The van der Waals surface area contributed by atoms with E-state index in [-0.39, 0.29) is 29.4 Å². The van der Waals surface area contributed by atoms with E-state index in [0.29, 0.717) is 17.1 Å². The zero-order valence-electron chi connectivity index (χ0n) is 17.0. The summed E-state index contributed by atoms with van der Waals surface area (Å²) in [6.07, 6.45) is 1.58. The average molecular weight is 407 g/mol. The summed E-state index contributed by atoms with van der Waals surface area (Å²) in [4.78, 5) is 40.6. The van der Waals surface area contributed by atoms with Gasteiger partial charge in [0.05, 0.1) is 19.1 Å². The number of methoxy groups -OCH3 is 2. The van der Waals surface area contributed by atoms with Gasteiger partial charge in [-0.15, -0.1) is 0 Å². The molecule has 152 valence electrons. The van der Waals surface area contributed by atoms with Crippen LogP contribution in [-0.2, 0) is 9.59 Å². The maximum atomic E-state index is 12.7. The largest absolute Gasteiger partial charge is 0.497 e. The number of carbonyl (C=O) groups excluding carboxylic acids is 3. The molecule has 1 aromatic rings. The Hall–Kier alpha value is -2.48. The highest BCUT2D eigenvalue weighted by atomic mass is 32.2. The number of thioether (sulfide) groups is 1. The molecule has 0 unspecified atom stereocenters. The van der Waals surface area contributed by atoms with Crippen molar-refractivity contribution in [1.29, 1.82) is 0 Å². The zero-order chi connectivity index (χ0) is 21.0. The smallest absolute Gasteiger partial charge is 0.294 e. The summed E-state index contributed by atoms with van der Waals surface area (Å²) in [6.45, 7) is 7.34. The summed E-state index contributed by atoms with van der Waals surface area (Å²) in [5.74, 6) is 0.411. The minimum absolute atomic E-state index is 0.0241. The summed E-state index contributed by atoms with van der Waals surface area (Å²) in [5.41, 5.74) is 0.615. The summed E-state index contributed by atoms with van der Waals surface area (Å²) in [5, 5.41) is -0.459. The van der Waals surface area contributed by atoms with E-state index < -0.39 is 11.1 Å². The van der Waals surface area contributed by atoms with E-state index in [9.17, 15) is 14.4 Å². The minimum atomic E-state index is -0.485. The minimum Gasteiger partial charge on any atom is -0.497 e. The third kappa shape index (κ3) is 4.67. The number of hydrogen-bond donors (Lipinski definition) is 0. The predicted octanol–water partition coefficient (Wildman–Crippen LogP) is 3.39. The van der Waals surface area contributed by atoms with Gasteiger partial charge in [0.25, 0.3) is 11.1 Å². The highest BCUT2D eigenvalue weighted by Gasteiger charge is 2.37. The van der Waals surface area contributed by atoms with Crippen molar-refractivity contribution in [2.24, 2.45) is 0 Å². The molecule has 1 aliphatic heterocycles. The van der Waals surface area contributed by atoms with E-state index in [1.807, 2.05) is 27.7 Å². The molecule has 3 amide bonds. The molecule has 0 aromatic heterocycles. The Morgan fingerprint density at radius 2 is 1.79 bits per heavy atom. The molecule has 1 aliphatic rings. The molecule has 1 fully saturated rings. The zero-order valence-corrected chi connectivity index (χ0v) is 17.8. The monoisotopic (exact) mass is 406 g/mol. The quantitative estimate of drug-likeness (QED) is 0.646. The molecule has 0 aliphatic carbocycles. The van der Waals surface area contributed by atoms with Crippen LogP contribution in [0.15, 0.2) is 23.1 Å². The van der Waals surface area contributed by atoms with Crippen LogP contribution >= 0.6 is 11.8 Å². The lowest BCUT2D eigenvalue weighted by Crippen LogP contribution is -2.48. The molecule has 1 saturated heterocycles. The van der Waals surface area contributed by atoms with E-state index in [0.717, 1.165) is 16.7 Å². The summed E-state index contributed by atoms with van der Waals surface area (Å²) in [6, 6.07) is 5.14. The maximum absolute atomic E-state index is 12.7. The topological polar surface area (TPSA) is 76.2 Å². The second-order valence-corrected chi connectivity index (χ2v) is 7.86. The predicted molar refractivity (Wildman–Crippen MR) is 109 cm³/mol. The van der Waals surface area contributed by atoms with Crippen molar-refractivity contribution in [2.45, 2.75) is 39.8 Å². The van der Waals surface area contributed by atoms with Gasteiger partial charge >= 0.3 is 0 Å². The summed E-state index contributed by atoms with van der Waals surface area (Å²) >= 11 is 0.811. The number of nitrogens with zero attached hydrogens (tertiary/aromatic N) is 2. The molecule has 1 heterocycles. The van der Waals surface area contributed by atoms with Crippen LogP contribution in [0.2, 0.25) is 0 Å². The molecule has 0 spiro atoms. The van der Waals surface area contributed by atoms with Gasteiger partial charge in [-0.2, -0.15) is 0 Å². The van der Waals surface area contributed by atoms with E-state index in [4.69, 9.17) is 9.47 Å². The first-order valence-electron chi connectivity index (χ1n) is 8.98. The molecule has 0 saturated carbocycles. The SMILES string of the molecule is COc1ccc(OC)c(/C=C2\SC(=O)N(CC(=O)N(C(C)C)C(C)C)C2=O)c1. The number of rotatable bonds is 7. The van der Waals surface area contributed by atoms with Crippen LogP contribution in [0.4, 0.5) is 4.79 Å². The number of benzene rings is 1. The molecule has 28 heavy (non-hydrogen) atoms. The lowest BCUT2D eigenvalue weighted by molar-refractivity contribution is -0.138. The van der Waals surface area contributed by atoms with Crippen LogP contribution in [-0.4, -0.2) is 59.7 Å². The van der Waals surface area contributed by atoms with Crippen molar-refractivity contribution in [3.05, 3.63) is 28.7 Å². The third-order valence-corrected chi connectivity index (χ3v) is 5.20.